The molecule has 1 atom stereocenters. The van der Waals surface area contributed by atoms with Gasteiger partial charge in [0.25, 0.3) is 5.91 Å². The molecule has 0 aliphatic carbocycles. The van der Waals surface area contributed by atoms with Crippen molar-refractivity contribution in [2.75, 3.05) is 49.2 Å². The van der Waals surface area contributed by atoms with Gasteiger partial charge in [-0.25, -0.2) is 0 Å². The molecule has 0 spiro atoms. The van der Waals surface area contributed by atoms with E-state index in [0.29, 0.717) is 28.5 Å². The first-order valence-corrected chi connectivity index (χ1v) is 11.8. The molecule has 0 saturated carbocycles. The number of carbonyl (C=O) groups excluding carboxylic acids is 2. The summed E-state index contributed by atoms with van der Waals surface area (Å²) in [7, 11) is 7.06. The van der Waals surface area contributed by atoms with Gasteiger partial charge in [-0.05, 0) is 54.1 Å². The molecule has 1 heterocycles. The number of hydrogen-bond donors (Lipinski definition) is 1. The van der Waals surface area contributed by atoms with Crippen LogP contribution in [0.15, 0.2) is 66.7 Å². The van der Waals surface area contributed by atoms with Gasteiger partial charge in [-0.3, -0.25) is 14.5 Å². The molecule has 3 aromatic rings. The number of anilines is 3. The Balaban J connectivity index is 1.50. The minimum Gasteiger partial charge on any atom is -0.497 e. The summed E-state index contributed by atoms with van der Waals surface area (Å²) in [5.41, 5.74) is 4.04. The van der Waals surface area contributed by atoms with Crippen molar-refractivity contribution in [3.05, 3.63) is 77.9 Å². The Morgan fingerprint density at radius 3 is 2.15 bits per heavy atom. The van der Waals surface area contributed by atoms with E-state index < -0.39 is 0 Å². The fraction of sp³-hybridized carbons (Fsp3) is 0.231. The summed E-state index contributed by atoms with van der Waals surface area (Å²) in [6.07, 6.45) is 0. The monoisotopic (exact) mass is 477 g/mol. The summed E-state index contributed by atoms with van der Waals surface area (Å²) in [5, 5.41) is 2.78. The van der Waals surface area contributed by atoms with Crippen LogP contribution in [0.3, 0.4) is 0 Å². The van der Waals surface area contributed by atoms with Gasteiger partial charge in [-0.1, -0.05) is 12.1 Å². The van der Waals surface area contributed by atoms with Gasteiger partial charge in [0, 0.05) is 42.8 Å². The Bertz CT molecular complexity index is 1160. The maximum atomic E-state index is 12.8. The van der Waals surface area contributed by atoms with Gasteiger partial charge >= 0.3 is 0 Å². The van der Waals surface area contributed by atoms with Crippen LogP contribution < -0.4 is 24.6 Å². The van der Waals surface area contributed by atoms with Crippen LogP contribution >= 0.6 is 11.8 Å². The highest BCUT2D eigenvalue weighted by Gasteiger charge is 2.34. The Labute approximate surface area is 203 Å². The topological polar surface area (TPSA) is 71.1 Å². The Morgan fingerprint density at radius 2 is 1.59 bits per heavy atom. The predicted molar refractivity (Wildman–Crippen MR) is 137 cm³/mol. The van der Waals surface area contributed by atoms with Crippen molar-refractivity contribution >= 4 is 40.6 Å². The fourth-order valence-electron chi connectivity index (χ4n) is 3.73. The number of benzene rings is 3. The van der Waals surface area contributed by atoms with E-state index in [0.717, 1.165) is 16.9 Å². The number of ether oxygens (including phenoxy) is 2. The average molecular weight is 478 g/mol. The van der Waals surface area contributed by atoms with E-state index in [1.165, 1.54) is 0 Å². The second-order valence-corrected chi connectivity index (χ2v) is 9.08. The van der Waals surface area contributed by atoms with Crippen molar-refractivity contribution < 1.29 is 19.1 Å². The van der Waals surface area contributed by atoms with Gasteiger partial charge in [0.15, 0.2) is 0 Å². The molecular formula is C26H27N3O4S. The third-order valence-corrected chi connectivity index (χ3v) is 6.79. The summed E-state index contributed by atoms with van der Waals surface area (Å²) in [6.45, 7) is 0. The second kappa shape index (κ2) is 10.1. The lowest BCUT2D eigenvalue weighted by Gasteiger charge is -2.25. The van der Waals surface area contributed by atoms with Gasteiger partial charge in [-0.15, -0.1) is 11.8 Å². The van der Waals surface area contributed by atoms with Crippen LogP contribution in [0, 0.1) is 0 Å². The summed E-state index contributed by atoms with van der Waals surface area (Å²) in [6, 6.07) is 20.6. The first kappa shape index (κ1) is 23.5. The summed E-state index contributed by atoms with van der Waals surface area (Å²) in [4.78, 5) is 29.3. The van der Waals surface area contributed by atoms with E-state index in [1.54, 1.807) is 44.2 Å². The lowest BCUT2D eigenvalue weighted by atomic mass is 10.1. The maximum Gasteiger partial charge on any atom is 0.255 e. The van der Waals surface area contributed by atoms with E-state index in [1.807, 2.05) is 72.4 Å². The van der Waals surface area contributed by atoms with E-state index in [4.69, 9.17) is 9.47 Å². The van der Waals surface area contributed by atoms with E-state index in [2.05, 4.69) is 5.32 Å². The van der Waals surface area contributed by atoms with Crippen LogP contribution in [0.1, 0.15) is 21.3 Å². The molecule has 0 aromatic heterocycles. The van der Waals surface area contributed by atoms with Crippen LogP contribution in [0.5, 0.6) is 11.5 Å². The highest BCUT2D eigenvalue weighted by atomic mass is 32.2. The largest absolute Gasteiger partial charge is 0.497 e. The van der Waals surface area contributed by atoms with Gasteiger partial charge in [0.2, 0.25) is 5.91 Å². The van der Waals surface area contributed by atoms with Crippen LogP contribution in [0.2, 0.25) is 0 Å². The number of rotatable bonds is 7. The molecule has 7 nitrogen and oxygen atoms in total. The molecule has 1 N–H and O–H groups in total. The van der Waals surface area contributed by atoms with Crippen molar-refractivity contribution in [3.63, 3.8) is 0 Å². The number of carbonyl (C=O) groups is 2. The first-order valence-electron chi connectivity index (χ1n) is 10.7. The molecule has 176 valence electrons. The van der Waals surface area contributed by atoms with Gasteiger partial charge < -0.3 is 19.7 Å². The highest BCUT2D eigenvalue weighted by molar-refractivity contribution is 8.00. The molecule has 1 saturated heterocycles. The van der Waals surface area contributed by atoms with Crippen LogP contribution in [0.4, 0.5) is 17.1 Å². The van der Waals surface area contributed by atoms with Crippen molar-refractivity contribution in [1.29, 1.82) is 0 Å². The quantitative estimate of drug-likeness (QED) is 0.527. The number of nitrogens with one attached hydrogen (secondary N) is 1. The lowest BCUT2D eigenvalue weighted by Crippen LogP contribution is -2.27. The van der Waals surface area contributed by atoms with Crippen LogP contribution in [-0.2, 0) is 4.79 Å². The number of amides is 2. The molecule has 1 aliphatic heterocycles. The normalized spacial score (nSPS) is 15.2. The predicted octanol–water partition coefficient (Wildman–Crippen LogP) is 4.80. The molecule has 34 heavy (non-hydrogen) atoms. The summed E-state index contributed by atoms with van der Waals surface area (Å²) >= 11 is 1.59. The van der Waals surface area contributed by atoms with E-state index in [9.17, 15) is 9.59 Å². The minimum atomic E-state index is -0.266. The molecule has 4 rings (SSSR count). The first-order chi connectivity index (χ1) is 16.4. The lowest BCUT2D eigenvalue weighted by molar-refractivity contribution is -0.115. The standard InChI is InChI=1S/C26H27N3O4S/c1-28(2)20-9-11-21(12-10-20)29-24(30)16-34-26(29)17-5-7-19(8-6-17)27-25(31)18-13-22(32-3)15-23(14-18)33-4/h5-15,26H,16H2,1-4H3,(H,27,31)/t26-/m0/s1. The smallest absolute Gasteiger partial charge is 0.255 e. The van der Waals surface area contributed by atoms with Gasteiger partial charge in [0.1, 0.15) is 16.9 Å². The van der Waals surface area contributed by atoms with Gasteiger partial charge in [0.05, 0.1) is 20.0 Å². The Hall–Kier alpha value is -3.65. The Kier molecular flexibility index (Phi) is 6.98. The SMILES string of the molecule is COc1cc(OC)cc(C(=O)Nc2ccc([C@@H]3SCC(=O)N3c3ccc(N(C)C)cc3)cc2)c1. The molecule has 0 unspecified atom stereocenters. The zero-order valence-corrected chi connectivity index (χ0v) is 20.4. The van der Waals surface area contributed by atoms with E-state index in [-0.39, 0.29) is 17.2 Å². The van der Waals surface area contributed by atoms with Gasteiger partial charge in [-0.2, -0.15) is 0 Å². The molecule has 1 fully saturated rings. The molecule has 3 aromatic carbocycles. The molecule has 1 aliphatic rings. The number of nitrogens with zero attached hydrogens (tertiary/aromatic N) is 2. The minimum absolute atomic E-state index is 0.0805. The number of methoxy groups -OCH3 is 2. The number of hydrogen-bond acceptors (Lipinski definition) is 6. The molecule has 0 bridgehead atoms. The Morgan fingerprint density at radius 1 is 0.971 bits per heavy atom. The average Bonchev–Trinajstić information content (AvgIpc) is 3.25. The summed E-state index contributed by atoms with van der Waals surface area (Å²) < 4.78 is 10.5. The highest BCUT2D eigenvalue weighted by Crippen LogP contribution is 2.42. The van der Waals surface area contributed by atoms with Crippen LogP contribution in [-0.4, -0.2) is 45.9 Å². The fourth-order valence-corrected chi connectivity index (χ4v) is 4.91. The van der Waals surface area contributed by atoms with Crippen molar-refractivity contribution in [2.45, 2.75) is 5.37 Å². The van der Waals surface area contributed by atoms with Crippen LogP contribution in [0.25, 0.3) is 0 Å². The van der Waals surface area contributed by atoms with Crippen molar-refractivity contribution in [1.82, 2.24) is 0 Å². The maximum absolute atomic E-state index is 12.8. The zero-order valence-electron chi connectivity index (χ0n) is 19.6. The third-order valence-electron chi connectivity index (χ3n) is 5.58. The van der Waals surface area contributed by atoms with Crippen molar-refractivity contribution in [2.24, 2.45) is 0 Å². The molecular weight excluding hydrogens is 450 g/mol. The summed E-state index contributed by atoms with van der Waals surface area (Å²) in [5.74, 6) is 1.33. The second-order valence-electron chi connectivity index (χ2n) is 8.02. The molecule has 8 heteroatoms. The molecule has 0 radical (unpaired) electrons. The molecule has 2 amide bonds. The zero-order chi connectivity index (χ0) is 24.2. The number of thioether (sulfide) groups is 1. The third kappa shape index (κ3) is 4.97. The van der Waals surface area contributed by atoms with Crippen molar-refractivity contribution in [3.8, 4) is 11.5 Å². The van der Waals surface area contributed by atoms with E-state index >= 15 is 0 Å².